The summed E-state index contributed by atoms with van der Waals surface area (Å²) in [4.78, 5) is 29.1. The number of hydrogen-bond acceptors (Lipinski definition) is 6. The predicted molar refractivity (Wildman–Crippen MR) is 108 cm³/mol. The van der Waals surface area contributed by atoms with Crippen LogP contribution in [0, 0.1) is 13.8 Å². The Bertz CT molecular complexity index is 1240. The molecule has 0 bridgehead atoms. The Labute approximate surface area is 166 Å². The fourth-order valence-electron chi connectivity index (χ4n) is 2.99. The number of nitrogens with one attached hydrogen (secondary N) is 1. The normalized spacial score (nSPS) is 11.0. The summed E-state index contributed by atoms with van der Waals surface area (Å²) in [7, 11) is 0. The van der Waals surface area contributed by atoms with Crippen LogP contribution in [-0.2, 0) is 6.42 Å². The van der Waals surface area contributed by atoms with E-state index in [0.717, 1.165) is 16.7 Å². The van der Waals surface area contributed by atoms with E-state index in [1.807, 2.05) is 50.2 Å². The lowest BCUT2D eigenvalue weighted by Gasteiger charge is -2.07. The summed E-state index contributed by atoms with van der Waals surface area (Å²) in [5.74, 6) is 0.424. The van der Waals surface area contributed by atoms with Crippen molar-refractivity contribution in [3.05, 3.63) is 81.5 Å². The van der Waals surface area contributed by atoms with Crippen LogP contribution in [0.4, 0.5) is 0 Å². The first kappa shape index (κ1) is 18.6. The average Bonchev–Trinajstić information content (AvgIpc) is 3.20. The quantitative estimate of drug-likeness (QED) is 0.561. The van der Waals surface area contributed by atoms with Gasteiger partial charge in [0.05, 0.1) is 5.39 Å². The number of aromatic nitrogens is 2. The van der Waals surface area contributed by atoms with Gasteiger partial charge in [-0.2, -0.15) is 4.98 Å². The Morgan fingerprint density at radius 2 is 1.90 bits per heavy atom. The summed E-state index contributed by atoms with van der Waals surface area (Å²) >= 11 is 0. The number of aryl methyl sites for hydroxylation is 2. The number of carbonyl (C=O) groups is 1. The summed E-state index contributed by atoms with van der Waals surface area (Å²) < 4.78 is 10.9. The van der Waals surface area contributed by atoms with Crippen LogP contribution in [0.5, 0.6) is 0 Å². The van der Waals surface area contributed by atoms with Crippen LogP contribution in [0.25, 0.3) is 22.4 Å². The molecule has 1 amide bonds. The number of amides is 1. The molecule has 0 spiro atoms. The first-order valence-corrected chi connectivity index (χ1v) is 9.23. The van der Waals surface area contributed by atoms with Gasteiger partial charge in [0.15, 0.2) is 11.2 Å². The van der Waals surface area contributed by atoms with Gasteiger partial charge in [-0.15, -0.1) is 0 Å². The Balaban J connectivity index is 1.45. The van der Waals surface area contributed by atoms with Gasteiger partial charge in [0.1, 0.15) is 5.58 Å². The van der Waals surface area contributed by atoms with Crippen molar-refractivity contribution < 1.29 is 13.7 Å². The second kappa shape index (κ2) is 7.71. The van der Waals surface area contributed by atoms with Crippen LogP contribution in [0.3, 0.4) is 0 Å². The van der Waals surface area contributed by atoms with Crippen LogP contribution >= 0.6 is 0 Å². The molecule has 1 N–H and O–H groups in total. The molecule has 2 aromatic carbocycles. The molecule has 146 valence electrons. The third-order valence-corrected chi connectivity index (χ3v) is 4.76. The smallest absolute Gasteiger partial charge is 0.287 e. The van der Waals surface area contributed by atoms with Crippen LogP contribution in [-0.4, -0.2) is 22.6 Å². The zero-order chi connectivity index (χ0) is 20.4. The highest BCUT2D eigenvalue weighted by molar-refractivity contribution is 5.93. The molecule has 4 aromatic rings. The van der Waals surface area contributed by atoms with Crippen molar-refractivity contribution in [1.82, 2.24) is 15.5 Å². The van der Waals surface area contributed by atoms with Gasteiger partial charge in [0, 0.05) is 24.6 Å². The van der Waals surface area contributed by atoms with Gasteiger partial charge >= 0.3 is 0 Å². The minimum absolute atomic E-state index is 0.0216. The molecule has 29 heavy (non-hydrogen) atoms. The second-order valence-corrected chi connectivity index (χ2v) is 6.74. The molecule has 0 atom stereocenters. The fourth-order valence-corrected chi connectivity index (χ4v) is 2.99. The Morgan fingerprint density at radius 1 is 1.10 bits per heavy atom. The van der Waals surface area contributed by atoms with Crippen molar-refractivity contribution in [1.29, 1.82) is 0 Å². The minimum atomic E-state index is -0.465. The van der Waals surface area contributed by atoms with E-state index in [4.69, 9.17) is 8.94 Å². The summed E-state index contributed by atoms with van der Waals surface area (Å²) in [5.41, 5.74) is 2.88. The Kier molecular flexibility index (Phi) is 4.95. The highest BCUT2D eigenvalue weighted by Crippen LogP contribution is 2.20. The third kappa shape index (κ3) is 3.80. The van der Waals surface area contributed by atoms with E-state index in [-0.39, 0.29) is 17.7 Å². The minimum Gasteiger partial charge on any atom is -0.450 e. The lowest BCUT2D eigenvalue weighted by atomic mass is 10.1. The van der Waals surface area contributed by atoms with Crippen molar-refractivity contribution in [2.75, 3.05) is 6.54 Å². The van der Waals surface area contributed by atoms with Gasteiger partial charge in [0.2, 0.25) is 11.7 Å². The molecule has 7 nitrogen and oxygen atoms in total. The molecule has 0 fully saturated rings. The summed E-state index contributed by atoms with van der Waals surface area (Å²) in [6.07, 6.45) is 0.363. The van der Waals surface area contributed by atoms with E-state index in [1.54, 1.807) is 6.07 Å². The fraction of sp³-hybridized carbons (Fsp3) is 0.182. The lowest BCUT2D eigenvalue weighted by Crippen LogP contribution is -2.26. The number of rotatable bonds is 5. The Morgan fingerprint density at radius 3 is 2.69 bits per heavy atom. The van der Waals surface area contributed by atoms with Gasteiger partial charge in [-0.3, -0.25) is 9.59 Å². The highest BCUT2D eigenvalue weighted by Gasteiger charge is 2.15. The molecule has 7 heteroatoms. The first-order valence-electron chi connectivity index (χ1n) is 9.23. The van der Waals surface area contributed by atoms with Crippen LogP contribution in [0.1, 0.15) is 27.6 Å². The number of fused-ring (bicyclic) bond motifs is 1. The topological polar surface area (TPSA) is 98.2 Å². The molecule has 0 aliphatic heterocycles. The van der Waals surface area contributed by atoms with Gasteiger partial charge in [-0.05, 0) is 31.0 Å². The largest absolute Gasteiger partial charge is 0.450 e. The maximum Gasteiger partial charge on any atom is 0.287 e. The van der Waals surface area contributed by atoms with Gasteiger partial charge in [0.25, 0.3) is 5.91 Å². The maximum atomic E-state index is 12.4. The van der Waals surface area contributed by atoms with E-state index in [0.29, 0.717) is 29.1 Å². The molecule has 2 aromatic heterocycles. The molecule has 0 saturated carbocycles. The second-order valence-electron chi connectivity index (χ2n) is 6.74. The van der Waals surface area contributed by atoms with E-state index < -0.39 is 5.91 Å². The Hall–Kier alpha value is -3.74. The van der Waals surface area contributed by atoms with Gasteiger partial charge in [-0.25, -0.2) is 0 Å². The molecule has 4 rings (SSSR count). The van der Waals surface area contributed by atoms with Gasteiger partial charge < -0.3 is 14.3 Å². The van der Waals surface area contributed by atoms with E-state index in [2.05, 4.69) is 15.5 Å². The van der Waals surface area contributed by atoms with Crippen molar-refractivity contribution in [2.24, 2.45) is 0 Å². The van der Waals surface area contributed by atoms with Crippen molar-refractivity contribution in [3.63, 3.8) is 0 Å². The van der Waals surface area contributed by atoms with Crippen LogP contribution in [0.15, 0.2) is 62.3 Å². The van der Waals surface area contributed by atoms with Crippen molar-refractivity contribution >= 4 is 16.9 Å². The highest BCUT2D eigenvalue weighted by atomic mass is 16.5. The molecule has 0 saturated heterocycles. The van der Waals surface area contributed by atoms with E-state index in [9.17, 15) is 9.59 Å². The molecule has 0 aliphatic carbocycles. The zero-order valence-electron chi connectivity index (χ0n) is 16.1. The zero-order valence-corrected chi connectivity index (χ0v) is 16.1. The van der Waals surface area contributed by atoms with Crippen LogP contribution in [0.2, 0.25) is 0 Å². The number of benzene rings is 2. The maximum absolute atomic E-state index is 12.4. The average molecular weight is 389 g/mol. The number of hydrogen-bond donors (Lipinski definition) is 1. The summed E-state index contributed by atoms with van der Waals surface area (Å²) in [6, 6.07) is 14.3. The van der Waals surface area contributed by atoms with E-state index >= 15 is 0 Å². The molecular formula is C22H19N3O4. The number of nitrogens with zero attached hydrogens (tertiary/aromatic N) is 2. The van der Waals surface area contributed by atoms with Crippen molar-refractivity contribution in [2.45, 2.75) is 20.3 Å². The van der Waals surface area contributed by atoms with E-state index in [1.165, 1.54) is 6.07 Å². The molecule has 2 heterocycles. The van der Waals surface area contributed by atoms with Gasteiger partial charge in [-0.1, -0.05) is 41.6 Å². The molecular weight excluding hydrogens is 370 g/mol. The summed E-state index contributed by atoms with van der Waals surface area (Å²) in [5, 5.41) is 7.13. The number of carbonyl (C=O) groups excluding carboxylic acids is 1. The molecule has 0 aliphatic rings. The van der Waals surface area contributed by atoms with Crippen LogP contribution < -0.4 is 10.7 Å². The first-order chi connectivity index (χ1) is 14.0. The predicted octanol–water partition coefficient (Wildman–Crippen LogP) is 3.43. The monoisotopic (exact) mass is 389 g/mol. The lowest BCUT2D eigenvalue weighted by molar-refractivity contribution is 0.0926. The molecule has 0 radical (unpaired) electrons. The standard InChI is InChI=1S/C22H19N3O4/c1-13-8-9-16-17(26)12-18(28-20(16)14(13)2)22(27)23-11-10-19-24-21(25-29-19)15-6-4-3-5-7-15/h3-9,12H,10-11H2,1-2H3,(H,23,27). The van der Waals surface area contributed by atoms with Crippen molar-refractivity contribution in [3.8, 4) is 11.4 Å². The third-order valence-electron chi connectivity index (χ3n) is 4.76. The SMILES string of the molecule is Cc1ccc2c(=O)cc(C(=O)NCCc3nc(-c4ccccc4)no3)oc2c1C. The summed E-state index contributed by atoms with van der Waals surface area (Å²) in [6.45, 7) is 4.06. The molecule has 0 unspecified atom stereocenters.